The minimum Gasteiger partial charge on any atom is -0.356 e. The largest absolute Gasteiger partial charge is 0.417 e. The Bertz CT molecular complexity index is 1170. The highest BCUT2D eigenvalue weighted by Crippen LogP contribution is 2.30. The Hall–Kier alpha value is -3.07. The molecule has 1 amide bonds. The van der Waals surface area contributed by atoms with Gasteiger partial charge in [0, 0.05) is 36.0 Å². The second kappa shape index (κ2) is 9.66. The number of rotatable bonds is 5. The van der Waals surface area contributed by atoms with Crippen molar-refractivity contribution < 1.29 is 18.0 Å². The van der Waals surface area contributed by atoms with Gasteiger partial charge in [-0.25, -0.2) is 4.98 Å². The van der Waals surface area contributed by atoms with E-state index in [1.165, 1.54) is 6.07 Å². The molecule has 0 bridgehead atoms. The van der Waals surface area contributed by atoms with Crippen molar-refractivity contribution in [2.45, 2.75) is 45.5 Å². The van der Waals surface area contributed by atoms with Gasteiger partial charge in [-0.05, 0) is 50.5 Å². The normalized spacial score (nSPS) is 14.9. The summed E-state index contributed by atoms with van der Waals surface area (Å²) in [7, 11) is 0. The zero-order valence-electron chi connectivity index (χ0n) is 18.9. The second-order valence-electron chi connectivity index (χ2n) is 8.43. The van der Waals surface area contributed by atoms with Crippen LogP contribution in [-0.4, -0.2) is 39.8 Å². The van der Waals surface area contributed by atoms with E-state index in [-0.39, 0.29) is 11.9 Å². The third-order valence-corrected chi connectivity index (χ3v) is 6.48. The van der Waals surface area contributed by atoms with E-state index in [1.807, 2.05) is 43.0 Å². The molecule has 180 valence electrons. The third kappa shape index (κ3) is 5.19. The van der Waals surface area contributed by atoms with Crippen LogP contribution >= 0.6 is 11.6 Å². The van der Waals surface area contributed by atoms with Crippen LogP contribution in [-0.2, 0) is 12.7 Å². The molecule has 0 saturated carbocycles. The number of nitrogens with zero attached hydrogens (tertiary/aromatic N) is 4. The summed E-state index contributed by atoms with van der Waals surface area (Å²) >= 11 is 6.27. The first-order valence-electron chi connectivity index (χ1n) is 11.0. The number of carbonyl (C=O) groups excluding carboxylic acids is 1. The van der Waals surface area contributed by atoms with Crippen molar-refractivity contribution in [2.24, 2.45) is 0 Å². The smallest absolute Gasteiger partial charge is 0.356 e. The van der Waals surface area contributed by atoms with E-state index in [0.29, 0.717) is 54.6 Å². The number of amides is 1. The van der Waals surface area contributed by atoms with Gasteiger partial charge in [-0.1, -0.05) is 29.8 Å². The van der Waals surface area contributed by atoms with Gasteiger partial charge in [-0.3, -0.25) is 9.48 Å². The van der Waals surface area contributed by atoms with Gasteiger partial charge in [0.2, 0.25) is 0 Å². The molecule has 0 aliphatic carbocycles. The fraction of sp³-hybridized carbons (Fsp3) is 0.375. The quantitative estimate of drug-likeness (QED) is 0.544. The first-order valence-corrected chi connectivity index (χ1v) is 11.4. The fourth-order valence-corrected chi connectivity index (χ4v) is 4.41. The average Bonchev–Trinajstić information content (AvgIpc) is 3.08. The van der Waals surface area contributed by atoms with Crippen LogP contribution in [0.15, 0.2) is 42.6 Å². The van der Waals surface area contributed by atoms with Gasteiger partial charge in [0.1, 0.15) is 5.82 Å². The Kier molecular flexibility index (Phi) is 6.84. The molecule has 10 heteroatoms. The molecule has 3 heterocycles. The number of alkyl halides is 3. The topological polar surface area (TPSA) is 63.1 Å². The molecule has 0 radical (unpaired) electrons. The number of aryl methyl sites for hydroxylation is 1. The number of pyridine rings is 1. The molecule has 1 aliphatic rings. The van der Waals surface area contributed by atoms with E-state index in [2.05, 4.69) is 15.4 Å². The predicted molar refractivity (Wildman–Crippen MR) is 124 cm³/mol. The molecular formula is C24H25ClF3N5O. The van der Waals surface area contributed by atoms with Gasteiger partial charge >= 0.3 is 6.18 Å². The van der Waals surface area contributed by atoms with Gasteiger partial charge in [-0.15, -0.1) is 0 Å². The maximum Gasteiger partial charge on any atom is 0.417 e. The minimum atomic E-state index is -4.40. The molecule has 3 aromatic rings. The molecule has 1 saturated heterocycles. The summed E-state index contributed by atoms with van der Waals surface area (Å²) in [6, 6.07) is 9.92. The first kappa shape index (κ1) is 24.1. The molecular weight excluding hydrogens is 467 g/mol. The number of hydrogen-bond donors (Lipinski definition) is 1. The van der Waals surface area contributed by atoms with E-state index in [4.69, 9.17) is 11.6 Å². The van der Waals surface area contributed by atoms with Crippen molar-refractivity contribution in [3.8, 4) is 0 Å². The average molecular weight is 492 g/mol. The molecule has 1 aliphatic heterocycles. The summed E-state index contributed by atoms with van der Waals surface area (Å²) in [5, 5.41) is 8.28. The zero-order valence-corrected chi connectivity index (χ0v) is 19.6. The summed E-state index contributed by atoms with van der Waals surface area (Å²) < 4.78 is 40.0. The maximum absolute atomic E-state index is 13.0. The lowest BCUT2D eigenvalue weighted by atomic mass is 10.0. The molecule has 0 atom stereocenters. The van der Waals surface area contributed by atoms with Crippen molar-refractivity contribution in [2.75, 3.05) is 18.0 Å². The molecule has 34 heavy (non-hydrogen) atoms. The molecule has 4 rings (SSSR count). The Morgan fingerprint density at radius 2 is 1.85 bits per heavy atom. The van der Waals surface area contributed by atoms with Crippen LogP contribution < -0.4 is 10.2 Å². The van der Waals surface area contributed by atoms with Gasteiger partial charge in [0.05, 0.1) is 23.4 Å². The fourth-order valence-electron chi connectivity index (χ4n) is 4.22. The number of halogens is 4. The van der Waals surface area contributed by atoms with Crippen LogP contribution in [0.5, 0.6) is 0 Å². The lowest BCUT2D eigenvalue weighted by Gasteiger charge is -2.33. The SMILES string of the molecule is Cc1nn(Cc2ccccc2Cl)c(C)c1C(=O)NC1CCN(c2ccc(C(F)(F)F)cn2)CC1. The Morgan fingerprint density at radius 3 is 2.47 bits per heavy atom. The van der Waals surface area contributed by atoms with Crippen LogP contribution in [0.1, 0.15) is 45.7 Å². The standard InChI is InChI=1S/C24H25ClF3N5O/c1-15-22(16(2)33(31-15)14-17-5-3-4-6-20(17)25)23(34)30-19-9-11-32(12-10-19)21-8-7-18(13-29-21)24(26,27)28/h3-8,13,19H,9-12,14H2,1-2H3,(H,30,34). The molecule has 1 fully saturated rings. The highest BCUT2D eigenvalue weighted by molar-refractivity contribution is 6.31. The van der Waals surface area contributed by atoms with Gasteiger partial charge in [0.15, 0.2) is 0 Å². The number of hydrogen-bond acceptors (Lipinski definition) is 4. The Morgan fingerprint density at radius 1 is 1.15 bits per heavy atom. The van der Waals surface area contributed by atoms with Crippen molar-refractivity contribution >= 4 is 23.3 Å². The Labute approximate surface area is 200 Å². The summed E-state index contributed by atoms with van der Waals surface area (Å²) in [5.74, 6) is 0.330. The molecule has 2 aromatic heterocycles. The van der Waals surface area contributed by atoms with Gasteiger partial charge in [0.25, 0.3) is 5.91 Å². The van der Waals surface area contributed by atoms with Crippen LogP contribution in [0.2, 0.25) is 5.02 Å². The second-order valence-corrected chi connectivity index (χ2v) is 8.84. The number of nitrogens with one attached hydrogen (secondary N) is 1. The summed E-state index contributed by atoms with van der Waals surface area (Å²) in [6.45, 7) is 5.33. The lowest BCUT2D eigenvalue weighted by Crippen LogP contribution is -2.45. The first-order chi connectivity index (χ1) is 16.1. The molecule has 0 spiro atoms. The van der Waals surface area contributed by atoms with Crippen LogP contribution in [0.4, 0.5) is 19.0 Å². The van der Waals surface area contributed by atoms with Crippen LogP contribution in [0, 0.1) is 13.8 Å². The van der Waals surface area contributed by atoms with E-state index < -0.39 is 11.7 Å². The Balaban J connectivity index is 1.37. The van der Waals surface area contributed by atoms with E-state index in [0.717, 1.165) is 23.5 Å². The molecule has 1 aromatic carbocycles. The van der Waals surface area contributed by atoms with Crippen molar-refractivity contribution in [1.29, 1.82) is 0 Å². The number of carbonyl (C=O) groups is 1. The third-order valence-electron chi connectivity index (χ3n) is 6.12. The van der Waals surface area contributed by atoms with Crippen LogP contribution in [0.3, 0.4) is 0 Å². The lowest BCUT2D eigenvalue weighted by molar-refractivity contribution is -0.137. The van der Waals surface area contributed by atoms with Crippen molar-refractivity contribution in [3.63, 3.8) is 0 Å². The van der Waals surface area contributed by atoms with Crippen LogP contribution in [0.25, 0.3) is 0 Å². The van der Waals surface area contributed by atoms with E-state index in [9.17, 15) is 18.0 Å². The minimum absolute atomic E-state index is 0.0380. The van der Waals surface area contributed by atoms with Crippen molar-refractivity contribution in [1.82, 2.24) is 20.1 Å². The highest BCUT2D eigenvalue weighted by Gasteiger charge is 2.31. The monoisotopic (exact) mass is 491 g/mol. The maximum atomic E-state index is 13.0. The predicted octanol–water partition coefficient (Wildman–Crippen LogP) is 5.01. The zero-order chi connectivity index (χ0) is 24.5. The van der Waals surface area contributed by atoms with E-state index >= 15 is 0 Å². The summed E-state index contributed by atoms with van der Waals surface area (Å²) in [6.07, 6.45) is -2.21. The molecule has 6 nitrogen and oxygen atoms in total. The number of aromatic nitrogens is 3. The van der Waals surface area contributed by atoms with Crippen molar-refractivity contribution in [3.05, 3.63) is 75.7 Å². The number of benzene rings is 1. The van der Waals surface area contributed by atoms with E-state index in [1.54, 1.807) is 4.68 Å². The summed E-state index contributed by atoms with van der Waals surface area (Å²) in [5.41, 5.74) is 2.12. The molecule has 1 N–H and O–H groups in total. The number of anilines is 1. The highest BCUT2D eigenvalue weighted by atomic mass is 35.5. The molecule has 0 unspecified atom stereocenters. The van der Waals surface area contributed by atoms with Gasteiger partial charge in [-0.2, -0.15) is 18.3 Å². The van der Waals surface area contributed by atoms with Gasteiger partial charge < -0.3 is 10.2 Å². The number of piperidine rings is 1. The summed E-state index contributed by atoms with van der Waals surface area (Å²) in [4.78, 5) is 18.9.